The lowest BCUT2D eigenvalue weighted by atomic mass is 10.0. The number of rotatable bonds is 3. The average Bonchev–Trinajstić information content (AvgIpc) is 2.30. The van der Waals surface area contributed by atoms with Gasteiger partial charge in [-0.15, -0.1) is 0 Å². The van der Waals surface area contributed by atoms with Crippen molar-refractivity contribution in [3.63, 3.8) is 0 Å². The molecule has 0 radical (unpaired) electrons. The molecule has 0 aromatic heterocycles. The highest BCUT2D eigenvalue weighted by atomic mass is 16.3. The summed E-state index contributed by atoms with van der Waals surface area (Å²) in [5, 5.41) is 12.6. The molecule has 1 heterocycles. The number of nitrogens with zero attached hydrogens (tertiary/aromatic N) is 1. The van der Waals surface area contributed by atoms with Crippen LogP contribution in [0.15, 0.2) is 18.2 Å². The van der Waals surface area contributed by atoms with Gasteiger partial charge >= 0.3 is 0 Å². The average molecular weight is 234 g/mol. The molecule has 0 unspecified atom stereocenters. The molecule has 1 aliphatic rings. The summed E-state index contributed by atoms with van der Waals surface area (Å²) in [5.41, 5.74) is 1.55. The number of benzene rings is 1. The number of nitrogens with one attached hydrogen (secondary N) is 1. The number of hydrogen-bond donors (Lipinski definition) is 2. The fourth-order valence-electron chi connectivity index (χ4n) is 2.12. The van der Waals surface area contributed by atoms with Crippen molar-refractivity contribution in [2.75, 3.05) is 32.7 Å². The molecule has 4 heteroatoms. The molecule has 2 N–H and O–H groups in total. The van der Waals surface area contributed by atoms with Gasteiger partial charge in [-0.2, -0.15) is 0 Å². The predicted octanol–water partition coefficient (Wildman–Crippen LogP) is 0.789. The lowest BCUT2D eigenvalue weighted by Gasteiger charge is -2.26. The Labute approximate surface area is 101 Å². The molecule has 0 aliphatic carbocycles. The Morgan fingerprint density at radius 3 is 2.76 bits per heavy atom. The van der Waals surface area contributed by atoms with Crippen LogP contribution >= 0.6 is 0 Å². The minimum Gasteiger partial charge on any atom is -0.508 e. The predicted molar refractivity (Wildman–Crippen MR) is 66.5 cm³/mol. The highest BCUT2D eigenvalue weighted by molar-refractivity contribution is 5.99. The van der Waals surface area contributed by atoms with Crippen LogP contribution in [0.4, 0.5) is 0 Å². The van der Waals surface area contributed by atoms with Gasteiger partial charge in [-0.25, -0.2) is 0 Å². The van der Waals surface area contributed by atoms with Crippen molar-refractivity contribution in [1.29, 1.82) is 0 Å². The molecule has 0 saturated carbocycles. The number of aromatic hydroxyl groups is 1. The third-order valence-electron chi connectivity index (χ3n) is 3.09. The van der Waals surface area contributed by atoms with Crippen molar-refractivity contribution in [3.05, 3.63) is 29.3 Å². The fraction of sp³-hybridized carbons (Fsp3) is 0.462. The van der Waals surface area contributed by atoms with E-state index in [1.54, 1.807) is 18.2 Å². The van der Waals surface area contributed by atoms with E-state index in [1.807, 2.05) is 6.92 Å². The number of carbonyl (C=O) groups is 1. The van der Waals surface area contributed by atoms with Crippen LogP contribution in [0.3, 0.4) is 0 Å². The van der Waals surface area contributed by atoms with E-state index >= 15 is 0 Å². The molecule has 17 heavy (non-hydrogen) atoms. The molecule has 0 atom stereocenters. The zero-order valence-electron chi connectivity index (χ0n) is 10.1. The topological polar surface area (TPSA) is 52.6 Å². The first-order valence-corrected chi connectivity index (χ1v) is 5.93. The molecule has 2 rings (SSSR count). The number of aryl methyl sites for hydroxylation is 1. The van der Waals surface area contributed by atoms with E-state index < -0.39 is 0 Å². The first-order valence-electron chi connectivity index (χ1n) is 5.93. The summed E-state index contributed by atoms with van der Waals surface area (Å²) in [6.45, 7) is 6.05. The van der Waals surface area contributed by atoms with Gasteiger partial charge in [0.05, 0.1) is 6.54 Å². The van der Waals surface area contributed by atoms with Crippen LogP contribution in [0.25, 0.3) is 0 Å². The number of piperazine rings is 1. The van der Waals surface area contributed by atoms with Gasteiger partial charge in [-0.1, -0.05) is 0 Å². The van der Waals surface area contributed by atoms with Crippen molar-refractivity contribution in [2.45, 2.75) is 6.92 Å². The molecule has 1 aromatic carbocycles. The summed E-state index contributed by atoms with van der Waals surface area (Å²) in [6, 6.07) is 4.90. The highest BCUT2D eigenvalue weighted by Crippen LogP contribution is 2.16. The highest BCUT2D eigenvalue weighted by Gasteiger charge is 2.16. The van der Waals surface area contributed by atoms with Crippen LogP contribution in [0.5, 0.6) is 5.75 Å². The number of ketones is 1. The van der Waals surface area contributed by atoms with Crippen molar-refractivity contribution in [1.82, 2.24) is 10.2 Å². The molecule has 0 bridgehead atoms. The first kappa shape index (κ1) is 12.1. The van der Waals surface area contributed by atoms with Crippen LogP contribution in [0, 0.1) is 6.92 Å². The summed E-state index contributed by atoms with van der Waals surface area (Å²) in [4.78, 5) is 14.3. The van der Waals surface area contributed by atoms with Gasteiger partial charge in [0.2, 0.25) is 0 Å². The number of carbonyl (C=O) groups excluding carboxylic acids is 1. The molecule has 1 aliphatic heterocycles. The second kappa shape index (κ2) is 5.29. The van der Waals surface area contributed by atoms with Crippen molar-refractivity contribution in [3.8, 4) is 5.75 Å². The standard InChI is InChI=1S/C13H18N2O2/c1-10-8-11(16)2-3-12(10)13(17)9-15-6-4-14-5-7-15/h2-3,8,14,16H,4-7,9H2,1H3. The molecule has 0 spiro atoms. The third-order valence-corrected chi connectivity index (χ3v) is 3.09. The Morgan fingerprint density at radius 2 is 2.12 bits per heavy atom. The number of Topliss-reactive ketones (excluding diaryl/α,β-unsaturated/α-hetero) is 1. The maximum atomic E-state index is 12.1. The molecular formula is C13H18N2O2. The van der Waals surface area contributed by atoms with Crippen LogP contribution in [-0.4, -0.2) is 48.5 Å². The lowest BCUT2D eigenvalue weighted by molar-refractivity contribution is 0.0921. The SMILES string of the molecule is Cc1cc(O)ccc1C(=O)CN1CCNCC1. The molecule has 92 valence electrons. The van der Waals surface area contributed by atoms with Crippen molar-refractivity contribution < 1.29 is 9.90 Å². The van der Waals surface area contributed by atoms with Gasteiger partial charge in [-0.3, -0.25) is 9.69 Å². The zero-order chi connectivity index (χ0) is 12.3. The van der Waals surface area contributed by atoms with E-state index in [0.717, 1.165) is 31.7 Å². The molecular weight excluding hydrogens is 216 g/mol. The number of hydrogen-bond acceptors (Lipinski definition) is 4. The van der Waals surface area contributed by atoms with E-state index in [1.165, 1.54) is 0 Å². The first-order chi connectivity index (χ1) is 8.16. The van der Waals surface area contributed by atoms with Gasteiger partial charge in [0, 0.05) is 31.7 Å². The largest absolute Gasteiger partial charge is 0.508 e. The van der Waals surface area contributed by atoms with Gasteiger partial charge in [-0.05, 0) is 30.7 Å². The Morgan fingerprint density at radius 1 is 1.41 bits per heavy atom. The minimum atomic E-state index is 0.129. The zero-order valence-corrected chi connectivity index (χ0v) is 10.1. The smallest absolute Gasteiger partial charge is 0.177 e. The third kappa shape index (κ3) is 3.05. The Bertz CT molecular complexity index is 412. The molecule has 1 fully saturated rings. The summed E-state index contributed by atoms with van der Waals surface area (Å²) in [7, 11) is 0. The van der Waals surface area contributed by atoms with Gasteiger partial charge in [0.25, 0.3) is 0 Å². The van der Waals surface area contributed by atoms with E-state index in [9.17, 15) is 9.90 Å². The monoisotopic (exact) mass is 234 g/mol. The normalized spacial score (nSPS) is 17.0. The summed E-state index contributed by atoms with van der Waals surface area (Å²) in [6.07, 6.45) is 0. The number of phenols is 1. The van der Waals surface area contributed by atoms with Crippen LogP contribution in [-0.2, 0) is 0 Å². The van der Waals surface area contributed by atoms with Crippen molar-refractivity contribution in [2.24, 2.45) is 0 Å². The Kier molecular flexibility index (Phi) is 3.76. The molecule has 1 saturated heterocycles. The second-order valence-corrected chi connectivity index (χ2v) is 4.45. The Hall–Kier alpha value is -1.39. The van der Waals surface area contributed by atoms with Gasteiger partial charge < -0.3 is 10.4 Å². The van der Waals surface area contributed by atoms with Gasteiger partial charge in [0.1, 0.15) is 5.75 Å². The fourth-order valence-corrected chi connectivity index (χ4v) is 2.12. The molecule has 1 aromatic rings. The quantitative estimate of drug-likeness (QED) is 0.759. The maximum Gasteiger partial charge on any atom is 0.177 e. The summed E-state index contributed by atoms with van der Waals surface area (Å²) >= 11 is 0. The molecule has 0 amide bonds. The summed E-state index contributed by atoms with van der Waals surface area (Å²) < 4.78 is 0. The van der Waals surface area contributed by atoms with E-state index in [4.69, 9.17) is 0 Å². The lowest BCUT2D eigenvalue weighted by Crippen LogP contribution is -2.45. The van der Waals surface area contributed by atoms with Crippen LogP contribution in [0.1, 0.15) is 15.9 Å². The number of phenolic OH excluding ortho intramolecular Hbond substituents is 1. The van der Waals surface area contributed by atoms with Crippen LogP contribution < -0.4 is 5.32 Å². The second-order valence-electron chi connectivity index (χ2n) is 4.45. The molecule has 4 nitrogen and oxygen atoms in total. The summed E-state index contributed by atoms with van der Waals surface area (Å²) in [5.74, 6) is 0.339. The van der Waals surface area contributed by atoms with E-state index in [0.29, 0.717) is 12.1 Å². The van der Waals surface area contributed by atoms with E-state index in [-0.39, 0.29) is 11.5 Å². The van der Waals surface area contributed by atoms with Crippen LogP contribution in [0.2, 0.25) is 0 Å². The van der Waals surface area contributed by atoms with Crippen molar-refractivity contribution >= 4 is 5.78 Å². The van der Waals surface area contributed by atoms with E-state index in [2.05, 4.69) is 10.2 Å². The minimum absolute atomic E-state index is 0.129. The van der Waals surface area contributed by atoms with Gasteiger partial charge in [0.15, 0.2) is 5.78 Å². The Balaban J connectivity index is 2.03. The maximum absolute atomic E-state index is 12.1.